The monoisotopic (exact) mass is 663 g/mol. The number of piperazine rings is 1. The predicted octanol–water partition coefficient (Wildman–Crippen LogP) is 6.17. The summed E-state index contributed by atoms with van der Waals surface area (Å²) in [7, 11) is 0.0916. The Bertz CT molecular complexity index is 1990. The van der Waals surface area contributed by atoms with Crippen LogP contribution in [0.2, 0.25) is 0 Å². The zero-order valence-electron chi connectivity index (χ0n) is 27.3. The Labute approximate surface area is 282 Å². The summed E-state index contributed by atoms with van der Waals surface area (Å²) in [6.45, 7) is 6.63. The summed E-state index contributed by atoms with van der Waals surface area (Å²) in [6.07, 6.45) is 2.31. The zero-order valence-corrected chi connectivity index (χ0v) is 28.2. The largest absolute Gasteiger partial charge is 0.494 e. The van der Waals surface area contributed by atoms with Gasteiger partial charge in [0.15, 0.2) is 0 Å². The third kappa shape index (κ3) is 6.66. The predicted molar refractivity (Wildman–Crippen MR) is 192 cm³/mol. The highest BCUT2D eigenvalue weighted by Gasteiger charge is 2.27. The molecule has 48 heavy (non-hydrogen) atoms. The minimum absolute atomic E-state index is 0.165. The van der Waals surface area contributed by atoms with Gasteiger partial charge in [-0.05, 0) is 68.4 Å². The molecule has 2 fully saturated rings. The minimum Gasteiger partial charge on any atom is -0.494 e. The molecule has 0 spiro atoms. The number of piperidine rings is 1. The van der Waals surface area contributed by atoms with Gasteiger partial charge in [0.05, 0.1) is 33.8 Å². The molecular formula is C37H41N7O3S. The van der Waals surface area contributed by atoms with E-state index in [1.165, 1.54) is 0 Å². The maximum Gasteiger partial charge on any atom is 0.229 e. The molecule has 248 valence electrons. The fourth-order valence-electron chi connectivity index (χ4n) is 6.66. The van der Waals surface area contributed by atoms with Crippen LogP contribution in [0, 0.1) is 0 Å². The first-order chi connectivity index (χ1) is 23.4. The first-order valence-electron chi connectivity index (χ1n) is 16.4. The van der Waals surface area contributed by atoms with Crippen LogP contribution in [0.1, 0.15) is 12.8 Å². The van der Waals surface area contributed by atoms with Crippen LogP contribution < -0.4 is 20.3 Å². The van der Waals surface area contributed by atoms with E-state index in [4.69, 9.17) is 14.7 Å². The molecule has 2 saturated heterocycles. The number of nitrogens with zero attached hydrogens (tertiary/aromatic N) is 5. The van der Waals surface area contributed by atoms with Gasteiger partial charge in [-0.1, -0.05) is 42.5 Å². The van der Waals surface area contributed by atoms with Gasteiger partial charge >= 0.3 is 0 Å². The number of nitrogens with one attached hydrogen (secondary N) is 2. The third-order valence-electron chi connectivity index (χ3n) is 9.40. The number of anilines is 5. The average Bonchev–Trinajstić information content (AvgIpc) is 3.13. The molecule has 2 N–H and O–H groups in total. The number of ether oxygens (including phenoxy) is 1. The highest BCUT2D eigenvalue weighted by Crippen LogP contribution is 2.35. The van der Waals surface area contributed by atoms with Gasteiger partial charge in [0.2, 0.25) is 15.8 Å². The Morgan fingerprint density at radius 1 is 0.750 bits per heavy atom. The highest BCUT2D eigenvalue weighted by atomic mass is 32.2. The van der Waals surface area contributed by atoms with Crippen LogP contribution in [0.4, 0.5) is 28.8 Å². The molecule has 0 saturated carbocycles. The molecule has 0 bridgehead atoms. The number of hydrogen-bond donors (Lipinski definition) is 2. The highest BCUT2D eigenvalue weighted by molar-refractivity contribution is 7.91. The lowest BCUT2D eigenvalue weighted by molar-refractivity contribution is 0.0982. The number of likely N-dealkylation sites (N-methyl/N-ethyl adjacent to an activating group) is 1. The van der Waals surface area contributed by atoms with Crippen molar-refractivity contribution < 1.29 is 13.2 Å². The van der Waals surface area contributed by atoms with E-state index < -0.39 is 9.84 Å². The van der Waals surface area contributed by atoms with Crippen molar-refractivity contribution in [3.8, 4) is 5.75 Å². The van der Waals surface area contributed by atoms with E-state index in [0.717, 1.165) is 68.9 Å². The van der Waals surface area contributed by atoms with Crippen LogP contribution in [0.15, 0.2) is 107 Å². The Balaban J connectivity index is 1.13. The number of hydrogen-bond acceptors (Lipinski definition) is 10. The topological polar surface area (TPSA) is 103 Å². The van der Waals surface area contributed by atoms with Gasteiger partial charge < -0.3 is 25.2 Å². The van der Waals surface area contributed by atoms with E-state index in [0.29, 0.717) is 34.8 Å². The SMILES string of the molecule is COc1cc(N2CCC(N3CCN(C)CC3)CC2)ccc1Nc1nc(Nc2ccccc2S(=O)(=O)c2ccccc2)c2ccccc2n1. The lowest BCUT2D eigenvalue weighted by Gasteiger charge is -2.42. The summed E-state index contributed by atoms with van der Waals surface area (Å²) in [5.41, 5.74) is 3.00. The van der Waals surface area contributed by atoms with E-state index in [2.05, 4.69) is 44.5 Å². The molecule has 0 radical (unpaired) electrons. The van der Waals surface area contributed by atoms with Crippen LogP contribution in [0.5, 0.6) is 5.75 Å². The number of para-hydroxylation sites is 2. The van der Waals surface area contributed by atoms with Gasteiger partial charge in [-0.3, -0.25) is 4.90 Å². The maximum absolute atomic E-state index is 13.6. The summed E-state index contributed by atoms with van der Waals surface area (Å²) in [4.78, 5) is 17.5. The van der Waals surface area contributed by atoms with E-state index in [1.54, 1.807) is 61.7 Å². The Morgan fingerprint density at radius 3 is 2.23 bits per heavy atom. The van der Waals surface area contributed by atoms with Crippen LogP contribution in [-0.4, -0.2) is 87.7 Å². The second kappa shape index (κ2) is 13.8. The standard InChI is InChI=1S/C37H41N7O3S/c1-42-22-24-44(25-23-42)27-18-20-43(21-19-27)28-16-17-32(34(26-28)47-2)40-37-39-31-13-7-6-12-30(31)36(41-37)38-33-14-8-9-15-35(33)48(45,46)29-10-4-3-5-11-29/h3-17,26-27H,18-25H2,1-2H3,(H2,38,39,40,41). The van der Waals surface area contributed by atoms with Crippen molar-refractivity contribution >= 4 is 49.6 Å². The first-order valence-corrected chi connectivity index (χ1v) is 17.9. The van der Waals surface area contributed by atoms with E-state index in [9.17, 15) is 8.42 Å². The van der Waals surface area contributed by atoms with Crippen molar-refractivity contribution in [2.75, 3.05) is 69.0 Å². The van der Waals surface area contributed by atoms with Gasteiger partial charge in [-0.2, -0.15) is 4.98 Å². The van der Waals surface area contributed by atoms with Crippen molar-refractivity contribution in [1.82, 2.24) is 19.8 Å². The molecule has 7 rings (SSSR count). The molecule has 0 unspecified atom stereocenters. The van der Waals surface area contributed by atoms with Gasteiger partial charge in [-0.25, -0.2) is 13.4 Å². The quantitative estimate of drug-likeness (QED) is 0.190. The second-order valence-electron chi connectivity index (χ2n) is 12.4. The maximum atomic E-state index is 13.6. The minimum atomic E-state index is -3.78. The van der Waals surface area contributed by atoms with Crippen LogP contribution in [-0.2, 0) is 9.84 Å². The molecule has 0 atom stereocenters. The molecule has 4 aromatic carbocycles. The number of rotatable bonds is 9. The summed E-state index contributed by atoms with van der Waals surface area (Å²) in [5, 5.41) is 7.44. The Morgan fingerprint density at radius 2 is 1.46 bits per heavy atom. The van der Waals surface area contributed by atoms with Crippen molar-refractivity contribution in [1.29, 1.82) is 0 Å². The van der Waals surface area contributed by atoms with Gasteiger partial charge in [0, 0.05) is 62.5 Å². The average molecular weight is 664 g/mol. The molecule has 3 heterocycles. The fraction of sp³-hybridized carbons (Fsp3) is 0.297. The van der Waals surface area contributed by atoms with Crippen molar-refractivity contribution in [3.05, 3.63) is 97.1 Å². The van der Waals surface area contributed by atoms with Crippen LogP contribution in [0.25, 0.3) is 10.9 Å². The molecule has 1 aromatic heterocycles. The molecular weight excluding hydrogens is 623 g/mol. The molecule has 2 aliphatic rings. The van der Waals surface area contributed by atoms with Crippen molar-refractivity contribution in [3.63, 3.8) is 0 Å². The number of aromatic nitrogens is 2. The van der Waals surface area contributed by atoms with Crippen LogP contribution in [0.3, 0.4) is 0 Å². The van der Waals surface area contributed by atoms with Gasteiger partial charge in [-0.15, -0.1) is 0 Å². The van der Waals surface area contributed by atoms with Crippen molar-refractivity contribution in [2.45, 2.75) is 28.7 Å². The van der Waals surface area contributed by atoms with Gasteiger partial charge in [0.25, 0.3) is 0 Å². The van der Waals surface area contributed by atoms with Gasteiger partial charge in [0.1, 0.15) is 11.6 Å². The van der Waals surface area contributed by atoms with E-state index >= 15 is 0 Å². The number of sulfone groups is 1. The molecule has 10 nitrogen and oxygen atoms in total. The lowest BCUT2D eigenvalue weighted by Crippen LogP contribution is -2.52. The molecule has 11 heteroatoms. The summed E-state index contributed by atoms with van der Waals surface area (Å²) >= 11 is 0. The lowest BCUT2D eigenvalue weighted by atomic mass is 10.0. The molecule has 5 aromatic rings. The number of methoxy groups -OCH3 is 1. The zero-order chi connectivity index (χ0) is 33.1. The summed E-state index contributed by atoms with van der Waals surface area (Å²) in [6, 6.07) is 29.8. The molecule has 0 aliphatic carbocycles. The third-order valence-corrected chi connectivity index (χ3v) is 11.2. The first kappa shape index (κ1) is 31.9. The normalized spacial score (nSPS) is 16.6. The molecule has 2 aliphatic heterocycles. The fourth-order valence-corrected chi connectivity index (χ4v) is 8.10. The molecule has 0 amide bonds. The Kier molecular flexibility index (Phi) is 9.16. The summed E-state index contributed by atoms with van der Waals surface area (Å²) in [5.74, 6) is 1.54. The second-order valence-corrected chi connectivity index (χ2v) is 14.3. The van der Waals surface area contributed by atoms with E-state index in [-0.39, 0.29) is 9.79 Å². The van der Waals surface area contributed by atoms with E-state index in [1.807, 2.05) is 30.3 Å². The van der Waals surface area contributed by atoms with Crippen molar-refractivity contribution in [2.24, 2.45) is 0 Å². The smallest absolute Gasteiger partial charge is 0.229 e. The number of fused-ring (bicyclic) bond motifs is 1. The summed E-state index contributed by atoms with van der Waals surface area (Å²) < 4.78 is 33.1. The number of benzene rings is 4. The van der Waals surface area contributed by atoms with Crippen LogP contribution >= 0.6 is 0 Å². The Hall–Kier alpha value is -4.71.